The normalized spacial score (nSPS) is 13.8. The van der Waals surface area contributed by atoms with Crippen LogP contribution in [0, 0.1) is 0 Å². The van der Waals surface area contributed by atoms with Gasteiger partial charge in [0.15, 0.2) is 5.76 Å². The van der Waals surface area contributed by atoms with Gasteiger partial charge < -0.3 is 14.8 Å². The summed E-state index contributed by atoms with van der Waals surface area (Å²) in [6.45, 7) is 0.870. The molecule has 0 atom stereocenters. The minimum Gasteiger partial charge on any atom is -0.478 e. The lowest BCUT2D eigenvalue weighted by Gasteiger charge is -2.09. The number of carboxylic acids is 1. The van der Waals surface area contributed by atoms with Crippen LogP contribution in [0.5, 0.6) is 0 Å². The number of aromatic carboxylic acids is 1. The zero-order chi connectivity index (χ0) is 16.5. The van der Waals surface area contributed by atoms with Crippen molar-refractivity contribution in [1.29, 1.82) is 0 Å². The van der Waals surface area contributed by atoms with Crippen molar-refractivity contribution in [3.63, 3.8) is 0 Å². The van der Waals surface area contributed by atoms with Crippen LogP contribution in [-0.2, 0) is 6.42 Å². The number of hydrogen-bond donors (Lipinski definition) is 2. The summed E-state index contributed by atoms with van der Waals surface area (Å²) in [5.74, 6) is 0.693. The fourth-order valence-corrected chi connectivity index (χ4v) is 3.07. The lowest BCUT2D eigenvalue weighted by Crippen LogP contribution is -2.08. The smallest absolute Gasteiger partial charge is 0.335 e. The fraction of sp³-hybridized carbons (Fsp3) is 0.222. The van der Waals surface area contributed by atoms with Crippen LogP contribution in [-0.4, -0.2) is 27.4 Å². The maximum atomic E-state index is 11.3. The molecule has 0 aliphatic carbocycles. The molecule has 0 saturated heterocycles. The molecule has 2 N–H and O–H groups in total. The highest BCUT2D eigenvalue weighted by Crippen LogP contribution is 2.34. The molecule has 1 aliphatic heterocycles. The van der Waals surface area contributed by atoms with Crippen molar-refractivity contribution in [2.24, 2.45) is 0 Å². The zero-order valence-corrected chi connectivity index (χ0v) is 13.0. The van der Waals surface area contributed by atoms with Crippen molar-refractivity contribution in [2.75, 3.05) is 11.9 Å². The van der Waals surface area contributed by atoms with E-state index in [0.29, 0.717) is 0 Å². The van der Waals surface area contributed by atoms with Gasteiger partial charge in [0, 0.05) is 12.1 Å². The van der Waals surface area contributed by atoms with E-state index in [1.807, 2.05) is 18.2 Å². The molecular formula is C18H17N3O3. The van der Waals surface area contributed by atoms with E-state index in [9.17, 15) is 9.90 Å². The number of furan rings is 1. The van der Waals surface area contributed by atoms with E-state index in [4.69, 9.17) is 9.52 Å². The van der Waals surface area contributed by atoms with Crippen LogP contribution in [0.15, 0.2) is 47.1 Å². The molecule has 0 radical (unpaired) electrons. The number of fused-ring (bicyclic) bond motifs is 1. The summed E-state index contributed by atoms with van der Waals surface area (Å²) in [5.41, 5.74) is 2.89. The molecule has 0 saturated carbocycles. The first-order valence-electron chi connectivity index (χ1n) is 7.97. The van der Waals surface area contributed by atoms with E-state index in [-0.39, 0.29) is 5.56 Å². The van der Waals surface area contributed by atoms with E-state index in [2.05, 4.69) is 5.32 Å². The van der Waals surface area contributed by atoms with Gasteiger partial charge in [0.2, 0.25) is 0 Å². The molecule has 4 rings (SSSR count). The maximum absolute atomic E-state index is 11.3. The Morgan fingerprint density at radius 3 is 2.96 bits per heavy atom. The fourth-order valence-electron chi connectivity index (χ4n) is 3.07. The van der Waals surface area contributed by atoms with Crippen LogP contribution >= 0.6 is 0 Å². The van der Waals surface area contributed by atoms with Crippen LogP contribution < -0.4 is 5.32 Å². The largest absolute Gasteiger partial charge is 0.478 e. The van der Waals surface area contributed by atoms with Crippen molar-refractivity contribution in [1.82, 2.24) is 9.78 Å². The summed E-state index contributed by atoms with van der Waals surface area (Å²) in [4.78, 5) is 11.3. The van der Waals surface area contributed by atoms with E-state index >= 15 is 0 Å². The van der Waals surface area contributed by atoms with Crippen molar-refractivity contribution in [2.45, 2.75) is 19.3 Å². The summed E-state index contributed by atoms with van der Waals surface area (Å²) >= 11 is 0. The van der Waals surface area contributed by atoms with Gasteiger partial charge in [-0.15, -0.1) is 0 Å². The quantitative estimate of drug-likeness (QED) is 0.770. The number of benzene rings is 1. The average Bonchev–Trinajstić information content (AvgIpc) is 3.17. The molecular weight excluding hydrogens is 306 g/mol. The Bertz CT molecular complexity index is 881. The molecule has 0 unspecified atom stereocenters. The number of hydrogen-bond acceptors (Lipinski definition) is 4. The van der Waals surface area contributed by atoms with Crippen LogP contribution in [0.1, 0.15) is 28.8 Å². The van der Waals surface area contributed by atoms with Gasteiger partial charge in [0.05, 0.1) is 17.5 Å². The molecule has 0 amide bonds. The van der Waals surface area contributed by atoms with Crippen LogP contribution in [0.3, 0.4) is 0 Å². The molecule has 6 heteroatoms. The monoisotopic (exact) mass is 323 g/mol. The molecule has 2 aromatic heterocycles. The van der Waals surface area contributed by atoms with E-state index < -0.39 is 5.97 Å². The van der Waals surface area contributed by atoms with Gasteiger partial charge in [-0.3, -0.25) is 0 Å². The number of nitrogens with zero attached hydrogens (tertiary/aromatic N) is 2. The Labute approximate surface area is 138 Å². The van der Waals surface area contributed by atoms with Crippen LogP contribution in [0.4, 0.5) is 5.82 Å². The van der Waals surface area contributed by atoms with E-state index in [0.717, 1.165) is 54.3 Å². The highest BCUT2D eigenvalue weighted by molar-refractivity contribution is 5.88. The number of aromatic nitrogens is 2. The number of carboxylic acid groups (broad SMARTS) is 1. The van der Waals surface area contributed by atoms with Gasteiger partial charge in [0.1, 0.15) is 11.5 Å². The highest BCUT2D eigenvalue weighted by atomic mass is 16.4. The second kappa shape index (κ2) is 5.88. The number of carbonyl (C=O) groups is 1. The minimum absolute atomic E-state index is 0.241. The van der Waals surface area contributed by atoms with Crippen molar-refractivity contribution in [3.8, 4) is 17.1 Å². The number of nitrogens with one attached hydrogen (secondary N) is 1. The first-order valence-corrected chi connectivity index (χ1v) is 7.97. The molecule has 122 valence electrons. The third-order valence-corrected chi connectivity index (χ3v) is 4.22. The van der Waals surface area contributed by atoms with Crippen molar-refractivity contribution in [3.05, 3.63) is 53.8 Å². The molecule has 3 heterocycles. The van der Waals surface area contributed by atoms with Gasteiger partial charge in [-0.25, -0.2) is 9.48 Å². The molecule has 3 aromatic rings. The Kier molecular flexibility index (Phi) is 3.57. The van der Waals surface area contributed by atoms with E-state index in [1.54, 1.807) is 29.1 Å². The zero-order valence-electron chi connectivity index (χ0n) is 13.0. The van der Waals surface area contributed by atoms with Crippen LogP contribution in [0.25, 0.3) is 17.1 Å². The Morgan fingerprint density at radius 2 is 2.17 bits per heavy atom. The summed E-state index contributed by atoms with van der Waals surface area (Å²) in [5, 5.41) is 17.4. The summed E-state index contributed by atoms with van der Waals surface area (Å²) in [6, 6.07) is 10.5. The van der Waals surface area contributed by atoms with Crippen molar-refractivity contribution < 1.29 is 14.3 Å². The molecule has 0 spiro atoms. The minimum atomic E-state index is -0.950. The average molecular weight is 323 g/mol. The van der Waals surface area contributed by atoms with Gasteiger partial charge in [-0.05, 0) is 49.6 Å². The molecule has 0 fully saturated rings. The first kappa shape index (κ1) is 14.6. The highest BCUT2D eigenvalue weighted by Gasteiger charge is 2.23. The second-order valence-corrected chi connectivity index (χ2v) is 5.80. The van der Waals surface area contributed by atoms with Crippen LogP contribution in [0.2, 0.25) is 0 Å². The van der Waals surface area contributed by atoms with Crippen molar-refractivity contribution >= 4 is 11.8 Å². The van der Waals surface area contributed by atoms with Gasteiger partial charge >= 0.3 is 5.97 Å². The Balaban J connectivity index is 1.89. The molecule has 24 heavy (non-hydrogen) atoms. The third kappa shape index (κ3) is 2.46. The first-order chi connectivity index (χ1) is 11.7. The molecule has 0 bridgehead atoms. The Hall–Kier alpha value is -3.02. The third-order valence-electron chi connectivity index (χ3n) is 4.22. The maximum Gasteiger partial charge on any atom is 0.335 e. The van der Waals surface area contributed by atoms with Gasteiger partial charge in [0.25, 0.3) is 0 Å². The molecule has 6 nitrogen and oxygen atoms in total. The second-order valence-electron chi connectivity index (χ2n) is 5.80. The molecule has 1 aliphatic rings. The van der Waals surface area contributed by atoms with Gasteiger partial charge in [-0.1, -0.05) is 6.07 Å². The standard InChI is InChI=1S/C18H17N3O3/c22-18(23)12-5-3-6-13(11-12)21-17-14(7-1-2-9-19-17)16(20-21)15-8-4-10-24-15/h3-6,8,10-11,19H,1-2,7,9H2,(H,22,23). The predicted molar refractivity (Wildman–Crippen MR) is 89.7 cm³/mol. The summed E-state index contributed by atoms with van der Waals surface area (Å²) < 4.78 is 7.32. The topological polar surface area (TPSA) is 80.3 Å². The summed E-state index contributed by atoms with van der Waals surface area (Å²) in [6.07, 6.45) is 4.71. The van der Waals surface area contributed by atoms with Gasteiger partial charge in [-0.2, -0.15) is 5.10 Å². The molecule has 1 aromatic carbocycles. The Morgan fingerprint density at radius 1 is 1.25 bits per heavy atom. The lowest BCUT2D eigenvalue weighted by molar-refractivity contribution is 0.0697. The summed E-state index contributed by atoms with van der Waals surface area (Å²) in [7, 11) is 0. The van der Waals surface area contributed by atoms with E-state index in [1.165, 1.54) is 0 Å². The SMILES string of the molecule is O=C(O)c1cccc(-n2nc(-c3ccco3)c3c2NCCCC3)c1. The number of anilines is 1. The lowest BCUT2D eigenvalue weighted by atomic mass is 10.1. The predicted octanol–water partition coefficient (Wildman–Crippen LogP) is 3.58. The number of rotatable bonds is 3.